The molecule has 2 heterocycles. The summed E-state index contributed by atoms with van der Waals surface area (Å²) in [5.41, 5.74) is 3.02. The summed E-state index contributed by atoms with van der Waals surface area (Å²) in [4.78, 5) is 9.16. The summed E-state index contributed by atoms with van der Waals surface area (Å²) in [5, 5.41) is 0. The summed E-state index contributed by atoms with van der Waals surface area (Å²) in [7, 11) is -0.582. The van der Waals surface area contributed by atoms with Gasteiger partial charge in [0.1, 0.15) is 17.2 Å². The standard InChI is InChI=1S/C19H22BrN3OSi/c1-25(2)11-10-24-14-23-13-17(15-6-4-3-5-7-15)22-19(23)16-8-9-18(20)21-12-16/h3-9,12-13,25H,10-11,14H2,1-2H3. The molecule has 3 rings (SSSR count). The van der Waals surface area contributed by atoms with Crippen LogP contribution in [0.2, 0.25) is 19.1 Å². The molecule has 0 aliphatic carbocycles. The first-order valence-corrected chi connectivity index (χ1v) is 12.4. The SMILES string of the molecule is C[SiH](C)CCOCn1cc(-c2ccccc2)nc1-c1ccc(Br)nc1. The van der Waals surface area contributed by atoms with Crippen LogP contribution in [0.3, 0.4) is 0 Å². The summed E-state index contributed by atoms with van der Waals surface area (Å²) < 4.78 is 8.77. The van der Waals surface area contributed by atoms with Crippen molar-refractivity contribution in [1.82, 2.24) is 14.5 Å². The van der Waals surface area contributed by atoms with E-state index in [0.717, 1.165) is 33.9 Å². The summed E-state index contributed by atoms with van der Waals surface area (Å²) in [6.07, 6.45) is 3.89. The number of hydrogen-bond donors (Lipinski definition) is 0. The molecule has 0 aliphatic rings. The average Bonchev–Trinajstić information content (AvgIpc) is 3.04. The Labute approximate surface area is 158 Å². The molecule has 0 aliphatic heterocycles. The molecule has 6 heteroatoms. The molecule has 1 aromatic carbocycles. The van der Waals surface area contributed by atoms with Crippen LogP contribution in [0.4, 0.5) is 0 Å². The highest BCUT2D eigenvalue weighted by molar-refractivity contribution is 9.10. The van der Waals surface area contributed by atoms with E-state index in [-0.39, 0.29) is 0 Å². The normalized spacial score (nSPS) is 11.2. The molecule has 0 saturated carbocycles. The Morgan fingerprint density at radius 1 is 1.08 bits per heavy atom. The summed E-state index contributed by atoms with van der Waals surface area (Å²) in [6, 6.07) is 15.4. The van der Waals surface area contributed by atoms with Crippen molar-refractivity contribution in [3.8, 4) is 22.6 Å². The third-order valence-electron chi connectivity index (χ3n) is 3.90. The Bertz CT molecular complexity index is 803. The van der Waals surface area contributed by atoms with Gasteiger partial charge in [0, 0.05) is 38.9 Å². The number of imidazole rings is 1. The monoisotopic (exact) mass is 415 g/mol. The third-order valence-corrected chi connectivity index (χ3v) is 5.76. The van der Waals surface area contributed by atoms with Gasteiger partial charge < -0.3 is 9.30 Å². The molecule has 25 heavy (non-hydrogen) atoms. The van der Waals surface area contributed by atoms with Crippen molar-refractivity contribution >= 4 is 24.7 Å². The van der Waals surface area contributed by atoms with Crippen molar-refractivity contribution in [3.05, 3.63) is 59.5 Å². The molecule has 0 N–H and O–H groups in total. The molecule has 0 saturated heterocycles. The number of ether oxygens (including phenoxy) is 1. The van der Waals surface area contributed by atoms with E-state index in [1.165, 1.54) is 6.04 Å². The first-order chi connectivity index (χ1) is 12.1. The van der Waals surface area contributed by atoms with E-state index >= 15 is 0 Å². The zero-order valence-electron chi connectivity index (χ0n) is 14.5. The molecular weight excluding hydrogens is 394 g/mol. The van der Waals surface area contributed by atoms with E-state index < -0.39 is 8.80 Å². The van der Waals surface area contributed by atoms with Crippen molar-refractivity contribution in [2.75, 3.05) is 6.61 Å². The molecule has 0 bridgehead atoms. The van der Waals surface area contributed by atoms with Crippen LogP contribution in [0.1, 0.15) is 0 Å². The fourth-order valence-electron chi connectivity index (χ4n) is 2.48. The minimum absolute atomic E-state index is 0.506. The number of rotatable bonds is 7. The maximum Gasteiger partial charge on any atom is 0.144 e. The smallest absolute Gasteiger partial charge is 0.144 e. The lowest BCUT2D eigenvalue weighted by Gasteiger charge is -2.09. The molecule has 0 fully saturated rings. The molecule has 2 aromatic heterocycles. The molecule has 0 amide bonds. The van der Waals surface area contributed by atoms with Gasteiger partial charge in [-0.1, -0.05) is 43.4 Å². The van der Waals surface area contributed by atoms with Gasteiger partial charge in [-0.05, 0) is 34.1 Å². The van der Waals surface area contributed by atoms with Gasteiger partial charge in [0.2, 0.25) is 0 Å². The maximum absolute atomic E-state index is 5.89. The third kappa shape index (κ3) is 4.87. The first-order valence-electron chi connectivity index (χ1n) is 8.46. The lowest BCUT2D eigenvalue weighted by Crippen LogP contribution is -2.09. The predicted molar refractivity (Wildman–Crippen MR) is 108 cm³/mol. The van der Waals surface area contributed by atoms with Crippen LogP contribution in [-0.2, 0) is 11.5 Å². The van der Waals surface area contributed by atoms with E-state index in [0.29, 0.717) is 6.73 Å². The second kappa shape index (κ2) is 8.56. The van der Waals surface area contributed by atoms with Crippen molar-refractivity contribution in [1.29, 1.82) is 0 Å². The zero-order valence-corrected chi connectivity index (χ0v) is 17.3. The van der Waals surface area contributed by atoms with E-state index in [4.69, 9.17) is 9.72 Å². The van der Waals surface area contributed by atoms with Crippen LogP contribution in [0, 0.1) is 0 Å². The number of benzene rings is 1. The maximum atomic E-state index is 5.89. The van der Waals surface area contributed by atoms with Crippen LogP contribution in [0.5, 0.6) is 0 Å². The van der Waals surface area contributed by atoms with Crippen molar-refractivity contribution < 1.29 is 4.74 Å². The first kappa shape index (κ1) is 18.0. The number of hydrogen-bond acceptors (Lipinski definition) is 3. The van der Waals surface area contributed by atoms with E-state index in [2.05, 4.69) is 56.9 Å². The Balaban J connectivity index is 1.88. The van der Waals surface area contributed by atoms with Crippen LogP contribution >= 0.6 is 15.9 Å². The molecule has 3 aromatic rings. The van der Waals surface area contributed by atoms with Crippen molar-refractivity contribution in [3.63, 3.8) is 0 Å². The minimum atomic E-state index is -0.582. The Hall–Kier alpha value is -1.76. The Morgan fingerprint density at radius 2 is 1.88 bits per heavy atom. The van der Waals surface area contributed by atoms with Gasteiger partial charge in [0.05, 0.1) is 5.69 Å². The second-order valence-electron chi connectivity index (χ2n) is 6.38. The minimum Gasteiger partial charge on any atom is -0.361 e. The highest BCUT2D eigenvalue weighted by atomic mass is 79.9. The van der Waals surface area contributed by atoms with Gasteiger partial charge in [-0.3, -0.25) is 0 Å². The number of halogens is 1. The Kier molecular flexibility index (Phi) is 6.17. The average molecular weight is 416 g/mol. The quantitative estimate of drug-likeness (QED) is 0.315. The van der Waals surface area contributed by atoms with E-state index in [9.17, 15) is 0 Å². The largest absolute Gasteiger partial charge is 0.361 e. The van der Waals surface area contributed by atoms with Crippen molar-refractivity contribution in [2.24, 2.45) is 0 Å². The second-order valence-corrected chi connectivity index (χ2v) is 10.6. The summed E-state index contributed by atoms with van der Waals surface area (Å²) in [6.45, 7) is 5.99. The predicted octanol–water partition coefficient (Wildman–Crippen LogP) is 4.84. The topological polar surface area (TPSA) is 39.9 Å². The Morgan fingerprint density at radius 3 is 2.56 bits per heavy atom. The van der Waals surface area contributed by atoms with Gasteiger partial charge in [0.25, 0.3) is 0 Å². The lowest BCUT2D eigenvalue weighted by molar-refractivity contribution is 0.0886. The van der Waals surface area contributed by atoms with Crippen LogP contribution < -0.4 is 0 Å². The number of nitrogens with zero attached hydrogens (tertiary/aromatic N) is 3. The number of aromatic nitrogens is 3. The van der Waals surface area contributed by atoms with Gasteiger partial charge in [-0.2, -0.15) is 0 Å². The van der Waals surface area contributed by atoms with Gasteiger partial charge in [-0.15, -0.1) is 0 Å². The molecule has 0 radical (unpaired) electrons. The van der Waals surface area contributed by atoms with Crippen LogP contribution in [0.15, 0.2) is 59.5 Å². The van der Waals surface area contributed by atoms with Gasteiger partial charge in [0.15, 0.2) is 0 Å². The molecule has 130 valence electrons. The van der Waals surface area contributed by atoms with Crippen LogP contribution in [-0.4, -0.2) is 29.9 Å². The fraction of sp³-hybridized carbons (Fsp3) is 0.263. The van der Waals surface area contributed by atoms with E-state index in [1.807, 2.05) is 36.5 Å². The molecule has 4 nitrogen and oxygen atoms in total. The molecule has 0 spiro atoms. The van der Waals surface area contributed by atoms with Crippen LogP contribution in [0.25, 0.3) is 22.6 Å². The highest BCUT2D eigenvalue weighted by Gasteiger charge is 2.12. The lowest BCUT2D eigenvalue weighted by atomic mass is 10.2. The summed E-state index contributed by atoms with van der Waals surface area (Å²) >= 11 is 3.38. The van der Waals surface area contributed by atoms with Gasteiger partial charge >= 0.3 is 0 Å². The molecule has 0 unspecified atom stereocenters. The van der Waals surface area contributed by atoms with Gasteiger partial charge in [-0.25, -0.2) is 9.97 Å². The highest BCUT2D eigenvalue weighted by Crippen LogP contribution is 2.25. The summed E-state index contributed by atoms with van der Waals surface area (Å²) in [5.74, 6) is 0.876. The molecule has 0 atom stereocenters. The van der Waals surface area contributed by atoms with Crippen molar-refractivity contribution in [2.45, 2.75) is 25.9 Å². The number of pyridine rings is 1. The fourth-order valence-corrected chi connectivity index (χ4v) is 3.36. The molecular formula is C19H22BrN3OSi. The van der Waals surface area contributed by atoms with E-state index in [1.54, 1.807) is 0 Å². The zero-order chi connectivity index (χ0) is 17.6.